The van der Waals surface area contributed by atoms with Crippen molar-refractivity contribution in [3.8, 4) is 0 Å². The SMILES string of the molecule is CCOC(=O)Cc1c(F)ccc(F)c1Cl. The first-order chi connectivity index (χ1) is 7.06. The van der Waals surface area contributed by atoms with Gasteiger partial charge in [-0.3, -0.25) is 4.79 Å². The van der Waals surface area contributed by atoms with Crippen molar-refractivity contribution in [3.05, 3.63) is 34.4 Å². The molecule has 0 atom stereocenters. The van der Waals surface area contributed by atoms with Crippen LogP contribution in [0.3, 0.4) is 0 Å². The van der Waals surface area contributed by atoms with Gasteiger partial charge in [-0.2, -0.15) is 0 Å². The zero-order valence-corrected chi connectivity index (χ0v) is 8.78. The largest absolute Gasteiger partial charge is 0.466 e. The summed E-state index contributed by atoms with van der Waals surface area (Å²) in [4.78, 5) is 11.1. The van der Waals surface area contributed by atoms with Crippen LogP contribution >= 0.6 is 11.6 Å². The lowest BCUT2D eigenvalue weighted by Gasteiger charge is -2.06. The molecular formula is C10H9ClF2O2. The van der Waals surface area contributed by atoms with Crippen molar-refractivity contribution >= 4 is 17.6 Å². The molecule has 1 aromatic rings. The summed E-state index contributed by atoms with van der Waals surface area (Å²) in [5.41, 5.74) is -0.171. The number of carbonyl (C=O) groups excluding carboxylic acids is 1. The topological polar surface area (TPSA) is 26.3 Å². The molecule has 0 radical (unpaired) electrons. The number of hydrogen-bond donors (Lipinski definition) is 0. The van der Waals surface area contributed by atoms with Crippen molar-refractivity contribution in [3.63, 3.8) is 0 Å². The van der Waals surface area contributed by atoms with E-state index in [-0.39, 0.29) is 23.6 Å². The Morgan fingerprint density at radius 3 is 2.60 bits per heavy atom. The second kappa shape index (κ2) is 5.07. The van der Waals surface area contributed by atoms with Crippen LogP contribution in [0.15, 0.2) is 12.1 Å². The van der Waals surface area contributed by atoms with Crippen LogP contribution in [-0.2, 0) is 16.0 Å². The molecule has 0 saturated heterocycles. The third-order valence-corrected chi connectivity index (χ3v) is 2.17. The number of carbonyl (C=O) groups is 1. The van der Waals surface area contributed by atoms with Gasteiger partial charge in [0.15, 0.2) is 0 Å². The average molecular weight is 235 g/mol. The molecule has 1 rings (SSSR count). The van der Waals surface area contributed by atoms with E-state index in [4.69, 9.17) is 11.6 Å². The van der Waals surface area contributed by atoms with Crippen LogP contribution in [0.4, 0.5) is 8.78 Å². The van der Waals surface area contributed by atoms with Gasteiger partial charge in [-0.25, -0.2) is 8.78 Å². The van der Waals surface area contributed by atoms with Crippen molar-refractivity contribution in [2.24, 2.45) is 0 Å². The summed E-state index contributed by atoms with van der Waals surface area (Å²) in [5.74, 6) is -2.10. The molecular weight excluding hydrogens is 226 g/mol. The molecule has 0 aromatic heterocycles. The Hall–Kier alpha value is -1.16. The van der Waals surface area contributed by atoms with Crippen molar-refractivity contribution in [1.82, 2.24) is 0 Å². The predicted octanol–water partition coefficient (Wildman–Crippen LogP) is 2.72. The van der Waals surface area contributed by atoms with Gasteiger partial charge in [0, 0.05) is 5.56 Å². The van der Waals surface area contributed by atoms with Gasteiger partial charge in [-0.05, 0) is 19.1 Å². The van der Waals surface area contributed by atoms with Gasteiger partial charge < -0.3 is 4.74 Å². The maximum atomic E-state index is 13.2. The second-order valence-corrected chi connectivity index (χ2v) is 3.18. The van der Waals surface area contributed by atoms with E-state index in [1.54, 1.807) is 6.92 Å². The summed E-state index contributed by atoms with van der Waals surface area (Å²) in [6, 6.07) is 1.84. The molecule has 1 aromatic carbocycles. The fraction of sp³-hybridized carbons (Fsp3) is 0.300. The average Bonchev–Trinajstić information content (AvgIpc) is 2.19. The van der Waals surface area contributed by atoms with Gasteiger partial charge in [-0.15, -0.1) is 0 Å². The number of esters is 1. The summed E-state index contributed by atoms with van der Waals surface area (Å²) in [6.45, 7) is 1.81. The lowest BCUT2D eigenvalue weighted by molar-refractivity contribution is -0.142. The molecule has 0 bridgehead atoms. The van der Waals surface area contributed by atoms with Crippen molar-refractivity contribution in [2.45, 2.75) is 13.3 Å². The van der Waals surface area contributed by atoms with Crippen LogP contribution in [-0.4, -0.2) is 12.6 Å². The molecule has 0 N–H and O–H groups in total. The lowest BCUT2D eigenvalue weighted by atomic mass is 10.1. The van der Waals surface area contributed by atoms with Crippen LogP contribution in [0, 0.1) is 11.6 Å². The van der Waals surface area contributed by atoms with Crippen molar-refractivity contribution in [2.75, 3.05) is 6.61 Å². The second-order valence-electron chi connectivity index (χ2n) is 2.80. The molecule has 0 amide bonds. The van der Waals surface area contributed by atoms with Crippen LogP contribution in [0.5, 0.6) is 0 Å². The maximum Gasteiger partial charge on any atom is 0.310 e. The Morgan fingerprint density at radius 2 is 2.00 bits per heavy atom. The summed E-state index contributed by atoms with van der Waals surface area (Å²) in [5, 5.41) is -0.372. The minimum absolute atomic E-state index is 0.171. The fourth-order valence-electron chi connectivity index (χ4n) is 1.09. The Bertz CT molecular complexity index is 380. The molecule has 5 heteroatoms. The molecule has 0 unspecified atom stereocenters. The van der Waals surface area contributed by atoms with Crippen molar-refractivity contribution < 1.29 is 18.3 Å². The maximum absolute atomic E-state index is 13.2. The monoisotopic (exact) mass is 234 g/mol. The highest BCUT2D eigenvalue weighted by Crippen LogP contribution is 2.23. The minimum Gasteiger partial charge on any atom is -0.466 e. The number of benzene rings is 1. The highest BCUT2D eigenvalue weighted by Gasteiger charge is 2.15. The predicted molar refractivity (Wildman–Crippen MR) is 51.7 cm³/mol. The van der Waals surface area contributed by atoms with E-state index >= 15 is 0 Å². The summed E-state index contributed by atoms with van der Waals surface area (Å²) in [7, 11) is 0. The van der Waals surface area contributed by atoms with Gasteiger partial charge in [0.05, 0.1) is 18.1 Å². The quantitative estimate of drug-likeness (QED) is 0.594. The van der Waals surface area contributed by atoms with E-state index < -0.39 is 17.6 Å². The third kappa shape index (κ3) is 2.89. The van der Waals surface area contributed by atoms with E-state index in [0.29, 0.717) is 0 Å². The lowest BCUT2D eigenvalue weighted by Crippen LogP contribution is -2.09. The van der Waals surface area contributed by atoms with E-state index in [0.717, 1.165) is 12.1 Å². The summed E-state index contributed by atoms with van der Waals surface area (Å²) >= 11 is 5.52. The highest BCUT2D eigenvalue weighted by molar-refractivity contribution is 6.31. The number of halogens is 3. The van der Waals surface area contributed by atoms with Gasteiger partial charge >= 0.3 is 5.97 Å². The zero-order chi connectivity index (χ0) is 11.4. The molecule has 15 heavy (non-hydrogen) atoms. The molecule has 0 aliphatic rings. The summed E-state index contributed by atoms with van der Waals surface area (Å²) in [6.07, 6.45) is -0.365. The molecule has 2 nitrogen and oxygen atoms in total. The Labute approximate surface area is 90.8 Å². The van der Waals surface area contributed by atoms with Gasteiger partial charge in [0.25, 0.3) is 0 Å². The van der Waals surface area contributed by atoms with Crippen LogP contribution in [0.25, 0.3) is 0 Å². The third-order valence-electron chi connectivity index (χ3n) is 1.77. The summed E-state index contributed by atoms with van der Waals surface area (Å²) < 4.78 is 30.7. The van der Waals surface area contributed by atoms with Gasteiger partial charge in [0.1, 0.15) is 11.6 Å². The molecule has 0 spiro atoms. The zero-order valence-electron chi connectivity index (χ0n) is 8.02. The first-order valence-electron chi connectivity index (χ1n) is 4.34. The van der Waals surface area contributed by atoms with E-state index in [9.17, 15) is 13.6 Å². The molecule has 82 valence electrons. The van der Waals surface area contributed by atoms with E-state index in [1.807, 2.05) is 0 Å². The van der Waals surface area contributed by atoms with Crippen molar-refractivity contribution in [1.29, 1.82) is 0 Å². The first kappa shape index (κ1) is 11.9. The Morgan fingerprint density at radius 1 is 1.40 bits per heavy atom. The van der Waals surface area contributed by atoms with E-state index in [1.165, 1.54) is 0 Å². The minimum atomic E-state index is -0.752. The van der Waals surface area contributed by atoms with Gasteiger partial charge in [-0.1, -0.05) is 11.6 Å². The van der Waals surface area contributed by atoms with Crippen LogP contribution < -0.4 is 0 Å². The van der Waals surface area contributed by atoms with E-state index in [2.05, 4.69) is 4.74 Å². The van der Waals surface area contributed by atoms with Crippen LogP contribution in [0.2, 0.25) is 5.02 Å². The fourth-order valence-corrected chi connectivity index (χ4v) is 1.31. The molecule has 0 fully saturated rings. The molecule has 0 aliphatic heterocycles. The number of ether oxygens (including phenoxy) is 1. The number of hydrogen-bond acceptors (Lipinski definition) is 2. The smallest absolute Gasteiger partial charge is 0.310 e. The highest BCUT2D eigenvalue weighted by atomic mass is 35.5. The standard InChI is InChI=1S/C10H9ClF2O2/c1-2-15-9(14)5-6-7(12)3-4-8(13)10(6)11/h3-4H,2,5H2,1H3. The molecule has 0 aliphatic carbocycles. The molecule has 0 heterocycles. The molecule has 0 saturated carbocycles. The Balaban J connectivity index is 2.93. The Kier molecular flexibility index (Phi) is 4.03. The van der Waals surface area contributed by atoms with Crippen LogP contribution in [0.1, 0.15) is 12.5 Å². The van der Waals surface area contributed by atoms with Gasteiger partial charge in [0.2, 0.25) is 0 Å². The first-order valence-corrected chi connectivity index (χ1v) is 4.72. The normalized spacial score (nSPS) is 10.1. The number of rotatable bonds is 3.